The van der Waals surface area contributed by atoms with E-state index in [0.717, 1.165) is 16.5 Å². The number of anilines is 1. The number of aromatic nitrogens is 2. The van der Waals surface area contributed by atoms with Crippen molar-refractivity contribution in [3.05, 3.63) is 11.9 Å². The largest absolute Gasteiger partial charge is 0.293 e. The number of aryl methyl sites for hydroxylation is 1. The number of rotatable bonds is 0. The molecule has 1 aromatic rings. The summed E-state index contributed by atoms with van der Waals surface area (Å²) in [6, 6.07) is 0. The number of hydrogen-bond donors (Lipinski definition) is 2. The first-order chi connectivity index (χ1) is 4.86. The Labute approximate surface area is 62.6 Å². The first-order valence-corrected chi connectivity index (χ1v) is 3.69. The minimum atomic E-state index is 0.815. The predicted octanol–water partition coefficient (Wildman–Crippen LogP) is 0.722. The van der Waals surface area contributed by atoms with E-state index in [4.69, 9.17) is 0 Å². The highest BCUT2D eigenvalue weighted by Crippen LogP contribution is 2.24. The van der Waals surface area contributed by atoms with Crippen LogP contribution in [0.1, 0.15) is 5.69 Å². The lowest BCUT2D eigenvalue weighted by Crippen LogP contribution is -2.05. The normalized spacial score (nSPS) is 14.5. The molecule has 52 valence electrons. The summed E-state index contributed by atoms with van der Waals surface area (Å²) in [6.45, 7) is 1.92. The van der Waals surface area contributed by atoms with Crippen LogP contribution in [0.3, 0.4) is 0 Å². The Balaban J connectivity index is 2.52. The molecule has 0 aromatic carbocycles. The summed E-state index contributed by atoms with van der Waals surface area (Å²) in [5.41, 5.74) is 3.81. The lowest BCUT2D eigenvalue weighted by molar-refractivity contribution is 1.01. The molecule has 1 aromatic heterocycles. The average Bonchev–Trinajstić information content (AvgIpc) is 2.33. The van der Waals surface area contributed by atoms with Crippen molar-refractivity contribution in [2.45, 2.75) is 11.9 Å². The number of nitrogens with zero attached hydrogens (tertiary/aromatic N) is 2. The Bertz CT molecular complexity index is 262. The standard InChI is InChI=1S/C5H6N4S/c1-3-2-6-4-5(7-3)10-9-8-4/h2,9H,1H3,(H,6,8). The lowest BCUT2D eigenvalue weighted by Gasteiger charge is -1.93. The van der Waals surface area contributed by atoms with Crippen molar-refractivity contribution in [2.24, 2.45) is 0 Å². The van der Waals surface area contributed by atoms with Gasteiger partial charge in [-0.05, 0) is 18.9 Å². The van der Waals surface area contributed by atoms with Gasteiger partial charge >= 0.3 is 0 Å². The number of hydrogen-bond acceptors (Lipinski definition) is 5. The molecule has 0 spiro atoms. The molecule has 0 bridgehead atoms. The highest BCUT2D eigenvalue weighted by Gasteiger charge is 2.12. The van der Waals surface area contributed by atoms with Gasteiger partial charge in [0.25, 0.3) is 0 Å². The van der Waals surface area contributed by atoms with Crippen LogP contribution in [0.4, 0.5) is 5.82 Å². The van der Waals surface area contributed by atoms with Gasteiger partial charge in [0.1, 0.15) is 0 Å². The molecule has 1 aliphatic rings. The quantitative estimate of drug-likeness (QED) is 0.539. The molecular weight excluding hydrogens is 148 g/mol. The molecule has 0 atom stereocenters. The third kappa shape index (κ3) is 0.833. The van der Waals surface area contributed by atoms with Gasteiger partial charge in [-0.25, -0.2) is 9.97 Å². The number of nitrogens with one attached hydrogen (secondary N) is 2. The summed E-state index contributed by atoms with van der Waals surface area (Å²) in [7, 11) is 0. The molecule has 5 heteroatoms. The zero-order valence-corrected chi connectivity index (χ0v) is 6.20. The van der Waals surface area contributed by atoms with Gasteiger partial charge < -0.3 is 0 Å². The highest BCUT2D eigenvalue weighted by molar-refractivity contribution is 7.97. The van der Waals surface area contributed by atoms with Crippen LogP contribution in [0.15, 0.2) is 11.2 Å². The van der Waals surface area contributed by atoms with Crippen molar-refractivity contribution in [1.29, 1.82) is 0 Å². The Morgan fingerprint density at radius 1 is 1.60 bits per heavy atom. The molecular formula is C5H6N4S. The monoisotopic (exact) mass is 154 g/mol. The van der Waals surface area contributed by atoms with Gasteiger partial charge in [-0.3, -0.25) is 5.43 Å². The van der Waals surface area contributed by atoms with E-state index in [2.05, 4.69) is 20.2 Å². The second kappa shape index (κ2) is 2.10. The summed E-state index contributed by atoms with van der Waals surface area (Å²) >= 11 is 1.45. The van der Waals surface area contributed by atoms with Crippen LogP contribution in [0, 0.1) is 6.92 Å². The lowest BCUT2D eigenvalue weighted by atomic mass is 10.5. The molecule has 10 heavy (non-hydrogen) atoms. The molecule has 0 saturated heterocycles. The minimum absolute atomic E-state index is 0.815. The third-order valence-corrected chi connectivity index (χ3v) is 1.86. The Kier molecular flexibility index (Phi) is 1.25. The summed E-state index contributed by atoms with van der Waals surface area (Å²) in [6.07, 6.45) is 1.74. The Hall–Kier alpha value is -0.810. The minimum Gasteiger partial charge on any atom is -0.293 e. The maximum Gasteiger partial charge on any atom is 0.175 e. The molecule has 1 aliphatic heterocycles. The fourth-order valence-corrected chi connectivity index (χ4v) is 1.37. The van der Waals surface area contributed by atoms with Crippen LogP contribution in [-0.4, -0.2) is 9.97 Å². The van der Waals surface area contributed by atoms with Gasteiger partial charge in [0, 0.05) is 0 Å². The fraction of sp³-hybridized carbons (Fsp3) is 0.200. The molecule has 0 amide bonds. The molecule has 0 unspecified atom stereocenters. The SMILES string of the molecule is Cc1cnc2c(n1)SNN2. The van der Waals surface area contributed by atoms with Crippen molar-refractivity contribution in [3.63, 3.8) is 0 Å². The van der Waals surface area contributed by atoms with Crippen molar-refractivity contribution >= 4 is 17.8 Å². The number of fused-ring (bicyclic) bond motifs is 1. The summed E-state index contributed by atoms with van der Waals surface area (Å²) in [5, 5.41) is 0.917. The second-order valence-corrected chi connectivity index (χ2v) is 2.79. The summed E-state index contributed by atoms with van der Waals surface area (Å²) in [4.78, 5) is 11.2. The smallest absolute Gasteiger partial charge is 0.175 e. The van der Waals surface area contributed by atoms with Gasteiger partial charge in [-0.1, -0.05) is 0 Å². The van der Waals surface area contributed by atoms with Crippen LogP contribution in [-0.2, 0) is 0 Å². The van der Waals surface area contributed by atoms with Crippen LogP contribution < -0.4 is 10.3 Å². The molecule has 2 N–H and O–H groups in total. The molecule has 0 fully saturated rings. The summed E-state index contributed by atoms with van der Waals surface area (Å²) in [5.74, 6) is 0.815. The van der Waals surface area contributed by atoms with Crippen molar-refractivity contribution in [2.75, 3.05) is 5.43 Å². The average molecular weight is 154 g/mol. The van der Waals surface area contributed by atoms with E-state index >= 15 is 0 Å². The van der Waals surface area contributed by atoms with Crippen molar-refractivity contribution in [3.8, 4) is 0 Å². The third-order valence-electron chi connectivity index (χ3n) is 1.18. The van der Waals surface area contributed by atoms with Gasteiger partial charge in [-0.2, -0.15) is 4.83 Å². The fourth-order valence-electron chi connectivity index (χ4n) is 0.734. The van der Waals surface area contributed by atoms with Crippen LogP contribution in [0.2, 0.25) is 0 Å². The molecule has 2 heterocycles. The summed E-state index contributed by atoms with van der Waals surface area (Å²) < 4.78 is 0. The highest BCUT2D eigenvalue weighted by atomic mass is 32.2. The van der Waals surface area contributed by atoms with E-state index in [1.807, 2.05) is 6.92 Å². The molecule has 4 nitrogen and oxygen atoms in total. The van der Waals surface area contributed by atoms with E-state index < -0.39 is 0 Å². The van der Waals surface area contributed by atoms with Gasteiger partial charge in [0.2, 0.25) is 0 Å². The number of hydrazine groups is 1. The van der Waals surface area contributed by atoms with Crippen LogP contribution in [0.25, 0.3) is 0 Å². The molecule has 2 rings (SSSR count). The first kappa shape index (κ1) is 5.94. The topological polar surface area (TPSA) is 49.8 Å². The molecule has 0 aliphatic carbocycles. The van der Waals surface area contributed by atoms with E-state index in [-0.39, 0.29) is 0 Å². The molecule has 0 radical (unpaired) electrons. The van der Waals surface area contributed by atoms with Crippen LogP contribution in [0.5, 0.6) is 0 Å². The zero-order valence-electron chi connectivity index (χ0n) is 5.38. The second-order valence-electron chi connectivity index (χ2n) is 1.99. The maximum atomic E-state index is 4.23. The van der Waals surface area contributed by atoms with E-state index in [9.17, 15) is 0 Å². The molecule has 0 saturated carbocycles. The Morgan fingerprint density at radius 2 is 2.50 bits per heavy atom. The van der Waals surface area contributed by atoms with E-state index in [1.165, 1.54) is 11.9 Å². The van der Waals surface area contributed by atoms with Gasteiger partial charge in [-0.15, -0.1) is 0 Å². The van der Waals surface area contributed by atoms with Gasteiger partial charge in [0.15, 0.2) is 10.8 Å². The first-order valence-electron chi connectivity index (χ1n) is 2.88. The zero-order chi connectivity index (χ0) is 6.97. The van der Waals surface area contributed by atoms with Crippen molar-refractivity contribution < 1.29 is 0 Å². The predicted molar refractivity (Wildman–Crippen MR) is 39.4 cm³/mol. The maximum absolute atomic E-state index is 4.23. The van der Waals surface area contributed by atoms with Gasteiger partial charge in [0.05, 0.1) is 11.9 Å². The van der Waals surface area contributed by atoms with E-state index in [1.54, 1.807) is 6.20 Å². The van der Waals surface area contributed by atoms with Crippen molar-refractivity contribution in [1.82, 2.24) is 14.8 Å². The Morgan fingerprint density at radius 3 is 3.40 bits per heavy atom. The van der Waals surface area contributed by atoms with Crippen LogP contribution >= 0.6 is 11.9 Å². The van der Waals surface area contributed by atoms with E-state index in [0.29, 0.717) is 0 Å².